The molecule has 0 aliphatic heterocycles. The molecular weight excluding hydrogens is 380 g/mol. The largest absolute Gasteiger partial charge is 0.393 e. The third kappa shape index (κ3) is 5.38. The fourth-order valence-corrected chi connectivity index (χ4v) is 7.37. The van der Waals surface area contributed by atoms with Gasteiger partial charge in [-0.25, -0.2) is 0 Å². The van der Waals surface area contributed by atoms with E-state index in [2.05, 4.69) is 53.3 Å². The monoisotopic (exact) mass is 428 g/mol. The average molecular weight is 429 g/mol. The van der Waals surface area contributed by atoms with Crippen LogP contribution in [0.3, 0.4) is 0 Å². The summed E-state index contributed by atoms with van der Waals surface area (Å²) >= 11 is 0. The molecule has 3 fully saturated rings. The third-order valence-electron chi connectivity index (χ3n) is 9.45. The number of allylic oxidation sites excluding steroid dienone is 3. The lowest BCUT2D eigenvalue weighted by molar-refractivity contribution is 0.0860. The number of hydrogen-bond donors (Lipinski definition) is 2. The minimum atomic E-state index is -0.598. The van der Waals surface area contributed by atoms with E-state index in [1.165, 1.54) is 51.4 Å². The molecule has 0 amide bonds. The van der Waals surface area contributed by atoms with Crippen LogP contribution in [-0.2, 0) is 0 Å². The van der Waals surface area contributed by atoms with Gasteiger partial charge in [-0.1, -0.05) is 71.8 Å². The van der Waals surface area contributed by atoms with Crippen molar-refractivity contribution in [2.24, 2.45) is 35.0 Å². The molecule has 2 nitrogen and oxygen atoms in total. The Hall–Kier alpha value is -0.860. The van der Waals surface area contributed by atoms with Crippen LogP contribution in [0.4, 0.5) is 0 Å². The van der Waals surface area contributed by atoms with Crippen LogP contribution in [-0.4, -0.2) is 22.4 Å². The Morgan fingerprint density at radius 3 is 2.55 bits per heavy atom. The van der Waals surface area contributed by atoms with Gasteiger partial charge in [0.05, 0.1) is 12.2 Å². The lowest BCUT2D eigenvalue weighted by atomic mass is 9.60. The number of aliphatic hydroxyl groups excluding tert-OH is 2. The van der Waals surface area contributed by atoms with Gasteiger partial charge in [0.1, 0.15) is 0 Å². The summed E-state index contributed by atoms with van der Waals surface area (Å²) in [5.74, 6) is 4.02. The SMILES string of the molecule is C=C1/C(=C\C=C2/CCC[C@@]3(C)C2CCC3[C@H](C)CC[C@H](CC)C(C)C)C[C@@H](O)C[C@@H]1O. The van der Waals surface area contributed by atoms with Crippen molar-refractivity contribution in [1.82, 2.24) is 0 Å². The second kappa shape index (κ2) is 10.4. The lowest BCUT2D eigenvalue weighted by Gasteiger charge is -2.44. The van der Waals surface area contributed by atoms with Crippen molar-refractivity contribution in [3.8, 4) is 0 Å². The molecule has 3 rings (SSSR count). The highest BCUT2D eigenvalue weighted by Gasteiger charge is 2.50. The Bertz CT molecular complexity index is 687. The summed E-state index contributed by atoms with van der Waals surface area (Å²) in [7, 11) is 0. The molecule has 2 heteroatoms. The number of hydrogen-bond acceptors (Lipinski definition) is 2. The Labute approximate surface area is 191 Å². The van der Waals surface area contributed by atoms with Gasteiger partial charge in [-0.3, -0.25) is 0 Å². The Balaban J connectivity index is 1.71. The first-order valence-corrected chi connectivity index (χ1v) is 13.1. The fourth-order valence-electron chi connectivity index (χ4n) is 7.37. The summed E-state index contributed by atoms with van der Waals surface area (Å²) in [5, 5.41) is 20.2. The van der Waals surface area contributed by atoms with Crippen LogP contribution in [0.25, 0.3) is 0 Å². The molecule has 0 bridgehead atoms. The average Bonchev–Trinajstić information content (AvgIpc) is 3.07. The van der Waals surface area contributed by atoms with Crippen molar-refractivity contribution in [3.63, 3.8) is 0 Å². The number of fused-ring (bicyclic) bond motifs is 1. The molecule has 0 spiro atoms. The molecule has 176 valence electrons. The van der Waals surface area contributed by atoms with Crippen molar-refractivity contribution in [3.05, 3.63) is 35.5 Å². The zero-order chi connectivity index (χ0) is 22.8. The van der Waals surface area contributed by atoms with Crippen LogP contribution in [0, 0.1) is 35.0 Å². The quantitative estimate of drug-likeness (QED) is 0.449. The molecule has 2 N–H and O–H groups in total. The predicted molar refractivity (Wildman–Crippen MR) is 132 cm³/mol. The van der Waals surface area contributed by atoms with E-state index in [0.29, 0.717) is 24.2 Å². The van der Waals surface area contributed by atoms with Gasteiger partial charge in [0.15, 0.2) is 0 Å². The molecule has 0 aromatic heterocycles. The van der Waals surface area contributed by atoms with Gasteiger partial charge in [-0.05, 0) is 91.1 Å². The summed E-state index contributed by atoms with van der Waals surface area (Å²) < 4.78 is 0. The second-order valence-corrected chi connectivity index (χ2v) is 11.6. The molecule has 2 unspecified atom stereocenters. The molecule has 0 radical (unpaired) electrons. The number of rotatable bonds is 7. The van der Waals surface area contributed by atoms with Gasteiger partial charge in [0.2, 0.25) is 0 Å². The zero-order valence-electron chi connectivity index (χ0n) is 20.9. The summed E-state index contributed by atoms with van der Waals surface area (Å²) in [6.07, 6.45) is 15.1. The van der Waals surface area contributed by atoms with Gasteiger partial charge in [0, 0.05) is 6.42 Å². The zero-order valence-corrected chi connectivity index (χ0v) is 20.9. The predicted octanol–water partition coefficient (Wildman–Crippen LogP) is 7.23. The maximum atomic E-state index is 10.2. The van der Waals surface area contributed by atoms with Crippen LogP contribution in [0.1, 0.15) is 98.8 Å². The van der Waals surface area contributed by atoms with Crippen molar-refractivity contribution in [1.29, 1.82) is 0 Å². The maximum Gasteiger partial charge on any atom is 0.0811 e. The highest BCUT2D eigenvalue weighted by atomic mass is 16.3. The van der Waals surface area contributed by atoms with E-state index in [4.69, 9.17) is 0 Å². The Kier molecular flexibility index (Phi) is 8.30. The molecular formula is C29H48O2. The van der Waals surface area contributed by atoms with Crippen molar-refractivity contribution in [2.75, 3.05) is 0 Å². The lowest BCUT2D eigenvalue weighted by Crippen LogP contribution is -2.36. The summed E-state index contributed by atoms with van der Waals surface area (Å²) in [5.41, 5.74) is 3.87. The van der Waals surface area contributed by atoms with E-state index in [1.54, 1.807) is 5.57 Å². The van der Waals surface area contributed by atoms with Crippen LogP contribution < -0.4 is 0 Å². The minimum absolute atomic E-state index is 0.419. The first-order valence-electron chi connectivity index (χ1n) is 13.1. The molecule has 3 aliphatic rings. The molecule has 0 saturated heterocycles. The van der Waals surface area contributed by atoms with E-state index in [-0.39, 0.29) is 0 Å². The van der Waals surface area contributed by atoms with Crippen molar-refractivity contribution in [2.45, 2.75) is 111 Å². The molecule has 31 heavy (non-hydrogen) atoms. The summed E-state index contributed by atoms with van der Waals surface area (Å²) in [6.45, 7) is 16.3. The normalized spacial score (nSPS) is 38.6. The third-order valence-corrected chi connectivity index (χ3v) is 9.45. The summed E-state index contributed by atoms with van der Waals surface area (Å²) in [6, 6.07) is 0. The summed E-state index contributed by atoms with van der Waals surface area (Å²) in [4.78, 5) is 0. The van der Waals surface area contributed by atoms with Crippen LogP contribution in [0.5, 0.6) is 0 Å². The topological polar surface area (TPSA) is 40.5 Å². The van der Waals surface area contributed by atoms with Crippen molar-refractivity contribution >= 4 is 0 Å². The van der Waals surface area contributed by atoms with E-state index >= 15 is 0 Å². The van der Waals surface area contributed by atoms with E-state index in [9.17, 15) is 10.2 Å². The Morgan fingerprint density at radius 2 is 1.87 bits per heavy atom. The Morgan fingerprint density at radius 1 is 1.13 bits per heavy atom. The van der Waals surface area contributed by atoms with Gasteiger partial charge < -0.3 is 10.2 Å². The first-order chi connectivity index (χ1) is 14.7. The van der Waals surface area contributed by atoms with E-state index in [0.717, 1.165) is 34.8 Å². The van der Waals surface area contributed by atoms with E-state index < -0.39 is 12.2 Å². The highest BCUT2D eigenvalue weighted by molar-refractivity contribution is 5.38. The first kappa shape index (κ1) is 24.8. The van der Waals surface area contributed by atoms with Crippen LogP contribution >= 0.6 is 0 Å². The fraction of sp³-hybridized carbons (Fsp3) is 0.793. The van der Waals surface area contributed by atoms with Gasteiger partial charge in [-0.2, -0.15) is 0 Å². The molecule has 3 aliphatic carbocycles. The minimum Gasteiger partial charge on any atom is -0.393 e. The van der Waals surface area contributed by atoms with Crippen molar-refractivity contribution < 1.29 is 10.2 Å². The molecule has 0 aromatic carbocycles. The number of aliphatic hydroxyl groups is 2. The smallest absolute Gasteiger partial charge is 0.0811 e. The van der Waals surface area contributed by atoms with Gasteiger partial charge in [-0.15, -0.1) is 0 Å². The van der Waals surface area contributed by atoms with Gasteiger partial charge in [0.25, 0.3) is 0 Å². The molecule has 0 aromatic rings. The van der Waals surface area contributed by atoms with Crippen LogP contribution in [0.2, 0.25) is 0 Å². The van der Waals surface area contributed by atoms with Gasteiger partial charge >= 0.3 is 0 Å². The maximum absolute atomic E-state index is 10.2. The highest BCUT2D eigenvalue weighted by Crippen LogP contribution is 2.60. The molecule has 3 saturated carbocycles. The van der Waals surface area contributed by atoms with Crippen LogP contribution in [0.15, 0.2) is 35.5 Å². The molecule has 0 heterocycles. The molecule has 7 atom stereocenters. The second-order valence-electron chi connectivity index (χ2n) is 11.6. The standard InChI is InChI=1S/C29H48O2/c1-7-22(19(2)3)11-10-20(4)26-14-15-27-23(9-8-16-29(26,27)6)12-13-24-17-25(30)18-28(31)21(24)5/h12-13,19-20,22,25-28,30-31H,5,7-11,14-18H2,1-4,6H3/b23-12+,24-13-/t20-,22+,25-,26?,27?,28+,29-/m1/s1. The van der Waals surface area contributed by atoms with E-state index in [1.807, 2.05) is 0 Å².